The van der Waals surface area contributed by atoms with Crippen molar-refractivity contribution in [1.29, 1.82) is 0 Å². The summed E-state index contributed by atoms with van der Waals surface area (Å²) in [5, 5.41) is 0. The third-order valence-corrected chi connectivity index (χ3v) is 2.12. The molecule has 0 saturated heterocycles. The number of nitrogens with zero attached hydrogens (tertiary/aromatic N) is 1. The Morgan fingerprint density at radius 2 is 2.00 bits per heavy atom. The number of rotatable bonds is 0. The van der Waals surface area contributed by atoms with Crippen molar-refractivity contribution in [3.05, 3.63) is 29.8 Å². The zero-order valence-electron chi connectivity index (χ0n) is 7.04. The average Bonchev–Trinajstić information content (AvgIpc) is 2.21. The van der Waals surface area contributed by atoms with Crippen molar-refractivity contribution in [2.45, 2.75) is 6.54 Å². The van der Waals surface area contributed by atoms with Gasteiger partial charge in [-0.25, -0.2) is 0 Å². The summed E-state index contributed by atoms with van der Waals surface area (Å²) in [6, 6.07) is 8.60. The number of benzene rings is 1. The Labute approximate surface area is 68.5 Å². The lowest BCUT2D eigenvalue weighted by molar-refractivity contribution is -0.788. The van der Waals surface area contributed by atoms with E-state index in [1.54, 1.807) is 0 Å². The quantitative estimate of drug-likeness (QED) is 0.467. The monoisotopic (exact) mass is 145 g/mol. The van der Waals surface area contributed by atoms with Gasteiger partial charge >= 0.3 is 7.41 Å². The normalized spacial score (nSPS) is 19.1. The molecule has 1 nitrogen and oxygen atoms in total. The van der Waals surface area contributed by atoms with E-state index >= 15 is 0 Å². The Morgan fingerprint density at radius 1 is 1.27 bits per heavy atom. The summed E-state index contributed by atoms with van der Waals surface area (Å²) >= 11 is 0. The fraction of sp³-hybridized carbons (Fsp3) is 0.333. The molecular weight excluding hydrogens is 133 g/mol. The molecule has 0 amide bonds. The van der Waals surface area contributed by atoms with Crippen molar-refractivity contribution >= 4 is 12.9 Å². The Hall–Kier alpha value is -0.755. The lowest BCUT2D eigenvalue weighted by atomic mass is 9.82. The second-order valence-electron chi connectivity index (χ2n) is 3.76. The van der Waals surface area contributed by atoms with Gasteiger partial charge in [-0.05, 0) is 5.46 Å². The minimum atomic E-state index is 0.985. The van der Waals surface area contributed by atoms with E-state index in [2.05, 4.69) is 45.8 Å². The molecule has 1 aliphatic rings. The van der Waals surface area contributed by atoms with Crippen LogP contribution in [-0.2, 0) is 6.54 Å². The molecule has 1 aliphatic heterocycles. The highest BCUT2D eigenvalue weighted by Gasteiger charge is 2.30. The Morgan fingerprint density at radius 3 is 2.73 bits per heavy atom. The van der Waals surface area contributed by atoms with Crippen LogP contribution in [0.15, 0.2) is 24.3 Å². The molecule has 0 fully saturated rings. The van der Waals surface area contributed by atoms with E-state index in [4.69, 9.17) is 0 Å². The zero-order chi connectivity index (χ0) is 7.90. The van der Waals surface area contributed by atoms with Gasteiger partial charge in [-0.3, -0.25) is 0 Å². The van der Waals surface area contributed by atoms with Gasteiger partial charge in [-0.2, -0.15) is 0 Å². The highest BCUT2D eigenvalue weighted by molar-refractivity contribution is 6.48. The topological polar surface area (TPSA) is 0 Å². The minimum Gasteiger partial charge on any atom is -0.391 e. The molecule has 0 spiro atoms. The maximum absolute atomic E-state index is 2.30. The summed E-state index contributed by atoms with van der Waals surface area (Å²) in [5.74, 6) is 0. The van der Waals surface area contributed by atoms with Gasteiger partial charge in [0.2, 0.25) is 0 Å². The minimum absolute atomic E-state index is 0.985. The summed E-state index contributed by atoms with van der Waals surface area (Å²) in [4.78, 5) is 0. The van der Waals surface area contributed by atoms with Crippen LogP contribution in [0.25, 0.3) is 0 Å². The molecule has 1 aromatic rings. The highest BCUT2D eigenvalue weighted by atomic mass is 15.2. The van der Waals surface area contributed by atoms with E-state index in [1.807, 2.05) is 0 Å². The largest absolute Gasteiger partial charge is 0.486 e. The fourth-order valence-electron chi connectivity index (χ4n) is 1.67. The van der Waals surface area contributed by atoms with E-state index in [0.717, 1.165) is 10.9 Å². The first kappa shape index (κ1) is 6.92. The summed E-state index contributed by atoms with van der Waals surface area (Å²) in [5.41, 5.74) is 2.87. The van der Waals surface area contributed by atoms with Gasteiger partial charge in [0.1, 0.15) is 0 Å². The Balaban J connectivity index is 2.41. The summed E-state index contributed by atoms with van der Waals surface area (Å²) in [6.07, 6.45) is 0. The van der Waals surface area contributed by atoms with Crippen LogP contribution in [0.3, 0.4) is 0 Å². The maximum atomic E-state index is 2.30. The first-order chi connectivity index (χ1) is 5.17. The lowest BCUT2D eigenvalue weighted by Gasteiger charge is -2.22. The Kier molecular flexibility index (Phi) is 1.33. The van der Waals surface area contributed by atoms with Crippen molar-refractivity contribution < 1.29 is 4.39 Å². The summed E-state index contributed by atoms with van der Waals surface area (Å²) in [7, 11) is 6.75. The molecule has 0 unspecified atom stereocenters. The van der Waals surface area contributed by atoms with Crippen LogP contribution in [0, 0.1) is 0 Å². The summed E-state index contributed by atoms with van der Waals surface area (Å²) < 4.78 is 0.985. The van der Waals surface area contributed by atoms with E-state index in [-0.39, 0.29) is 0 Å². The SMILES string of the molecule is C[N+]1(C)[B]c2ccccc2C1. The molecule has 0 N–H and O–H groups in total. The molecular formula is C9H12BN+. The number of fused-ring (bicyclic) bond motifs is 1. The molecule has 11 heavy (non-hydrogen) atoms. The van der Waals surface area contributed by atoms with Crippen molar-refractivity contribution in [3.8, 4) is 0 Å². The predicted molar refractivity (Wildman–Crippen MR) is 47.6 cm³/mol. The van der Waals surface area contributed by atoms with Gasteiger partial charge in [0.25, 0.3) is 0 Å². The smallest absolute Gasteiger partial charge is 0.391 e. The maximum Gasteiger partial charge on any atom is 0.486 e. The van der Waals surface area contributed by atoms with E-state index < -0.39 is 0 Å². The fourth-order valence-corrected chi connectivity index (χ4v) is 1.67. The lowest BCUT2D eigenvalue weighted by Crippen LogP contribution is -2.40. The van der Waals surface area contributed by atoms with Gasteiger partial charge in [0.15, 0.2) is 0 Å². The van der Waals surface area contributed by atoms with Crippen LogP contribution < -0.4 is 5.46 Å². The van der Waals surface area contributed by atoms with Crippen LogP contribution in [0.2, 0.25) is 0 Å². The number of quaternary nitrogens is 1. The van der Waals surface area contributed by atoms with Crippen molar-refractivity contribution in [3.63, 3.8) is 0 Å². The number of hydrogen-bond donors (Lipinski definition) is 0. The predicted octanol–water partition coefficient (Wildman–Crippen LogP) is 0.521. The van der Waals surface area contributed by atoms with Crippen molar-refractivity contribution in [2.75, 3.05) is 14.1 Å². The molecule has 1 heterocycles. The van der Waals surface area contributed by atoms with Crippen LogP contribution in [0.1, 0.15) is 5.56 Å². The molecule has 2 heteroatoms. The van der Waals surface area contributed by atoms with Crippen molar-refractivity contribution in [1.82, 2.24) is 0 Å². The van der Waals surface area contributed by atoms with Crippen LogP contribution in [-0.4, -0.2) is 25.9 Å². The second-order valence-corrected chi connectivity index (χ2v) is 3.76. The Bertz CT molecular complexity index is 254. The van der Waals surface area contributed by atoms with Crippen LogP contribution in [0.5, 0.6) is 0 Å². The molecule has 2 rings (SSSR count). The standard InChI is InChI=1S/C9H12BN/c1-11(2)7-8-5-3-4-6-9(8)10-11/h3-6H,7H2,1-2H3/q+1. The van der Waals surface area contributed by atoms with Crippen LogP contribution in [0.4, 0.5) is 0 Å². The zero-order valence-corrected chi connectivity index (χ0v) is 7.04. The van der Waals surface area contributed by atoms with Crippen molar-refractivity contribution in [2.24, 2.45) is 0 Å². The summed E-state index contributed by atoms with van der Waals surface area (Å²) in [6.45, 7) is 1.14. The second kappa shape index (κ2) is 2.11. The molecule has 0 bridgehead atoms. The third-order valence-electron chi connectivity index (χ3n) is 2.12. The molecule has 0 saturated carbocycles. The highest BCUT2D eigenvalue weighted by Crippen LogP contribution is 2.12. The third kappa shape index (κ3) is 1.18. The van der Waals surface area contributed by atoms with Gasteiger partial charge in [-0.1, -0.05) is 24.3 Å². The van der Waals surface area contributed by atoms with Gasteiger partial charge in [0.05, 0.1) is 6.54 Å². The molecule has 0 aromatic heterocycles. The first-order valence-electron chi connectivity index (χ1n) is 3.94. The van der Waals surface area contributed by atoms with Gasteiger partial charge < -0.3 is 4.39 Å². The van der Waals surface area contributed by atoms with Crippen LogP contribution >= 0.6 is 0 Å². The van der Waals surface area contributed by atoms with E-state index in [9.17, 15) is 0 Å². The molecule has 1 radical (unpaired) electrons. The molecule has 55 valence electrons. The average molecular weight is 145 g/mol. The molecule has 1 aromatic carbocycles. The van der Waals surface area contributed by atoms with Gasteiger partial charge in [0, 0.05) is 19.7 Å². The van der Waals surface area contributed by atoms with E-state index in [1.165, 1.54) is 11.0 Å². The molecule has 0 aliphatic carbocycles. The number of hydrogen-bond acceptors (Lipinski definition) is 0. The molecule has 0 atom stereocenters. The van der Waals surface area contributed by atoms with E-state index in [0.29, 0.717) is 0 Å². The first-order valence-corrected chi connectivity index (χ1v) is 3.94. The van der Waals surface area contributed by atoms with Gasteiger partial charge in [-0.15, -0.1) is 0 Å².